The monoisotopic (exact) mass is 419 g/mol. The van der Waals surface area contributed by atoms with Crippen molar-refractivity contribution in [3.63, 3.8) is 0 Å². The fraction of sp³-hybridized carbons (Fsp3) is 0. The van der Waals surface area contributed by atoms with Gasteiger partial charge in [0.05, 0.1) is 16.3 Å². The second-order valence-electron chi connectivity index (χ2n) is 5.50. The molecule has 4 nitrogen and oxygen atoms in total. The predicted molar refractivity (Wildman–Crippen MR) is 107 cm³/mol. The zero-order valence-corrected chi connectivity index (χ0v) is 16.0. The Balaban J connectivity index is 1.67. The molecule has 27 heavy (non-hydrogen) atoms. The largest absolute Gasteiger partial charge is 0.423 e. The summed E-state index contributed by atoms with van der Waals surface area (Å²) < 4.78 is 5.28. The van der Waals surface area contributed by atoms with Gasteiger partial charge in [-0.2, -0.15) is 0 Å². The number of carbonyl (C=O) groups is 2. The number of carbonyl (C=O) groups excluding carboxylic acids is 2. The lowest BCUT2D eigenvalue weighted by Crippen LogP contribution is -2.12. The van der Waals surface area contributed by atoms with Gasteiger partial charge in [-0.25, -0.2) is 4.79 Å². The summed E-state index contributed by atoms with van der Waals surface area (Å²) in [7, 11) is 0. The Bertz CT molecular complexity index is 986. The second kappa shape index (κ2) is 8.44. The fourth-order valence-corrected chi connectivity index (χ4v) is 2.68. The Morgan fingerprint density at radius 2 is 1.33 bits per heavy atom. The van der Waals surface area contributed by atoms with Gasteiger partial charge < -0.3 is 10.1 Å². The summed E-state index contributed by atoms with van der Waals surface area (Å²) in [5.74, 6) is -0.573. The number of ether oxygens (including phenoxy) is 1. The van der Waals surface area contributed by atoms with Crippen LogP contribution in [0.3, 0.4) is 0 Å². The molecule has 3 aromatic rings. The standard InChI is InChI=1S/C20H12Cl3NO3/c21-14-5-1-13(2-6-14)20(26)27-16-8-3-12(4-9-16)19(25)24-18-11-15(22)7-10-17(18)23/h1-11H,(H,24,25). The second-order valence-corrected chi connectivity index (χ2v) is 6.78. The molecule has 1 amide bonds. The molecule has 0 bridgehead atoms. The van der Waals surface area contributed by atoms with Crippen LogP contribution in [0.4, 0.5) is 5.69 Å². The van der Waals surface area contributed by atoms with E-state index in [2.05, 4.69) is 5.32 Å². The van der Waals surface area contributed by atoms with Gasteiger partial charge in [-0.1, -0.05) is 34.8 Å². The van der Waals surface area contributed by atoms with E-state index in [-0.39, 0.29) is 5.91 Å². The van der Waals surface area contributed by atoms with Crippen LogP contribution in [0.15, 0.2) is 66.7 Å². The molecule has 0 unspecified atom stereocenters. The molecule has 0 aliphatic carbocycles. The SMILES string of the molecule is O=C(Nc1cc(Cl)ccc1Cl)c1ccc(OC(=O)c2ccc(Cl)cc2)cc1. The number of benzene rings is 3. The maximum atomic E-state index is 12.3. The number of amides is 1. The summed E-state index contributed by atoms with van der Waals surface area (Å²) in [5.41, 5.74) is 1.15. The van der Waals surface area contributed by atoms with Gasteiger partial charge in [-0.15, -0.1) is 0 Å². The zero-order chi connectivity index (χ0) is 19.4. The number of hydrogen-bond acceptors (Lipinski definition) is 3. The Hall–Kier alpha value is -2.53. The van der Waals surface area contributed by atoms with Crippen LogP contribution >= 0.6 is 34.8 Å². The predicted octanol–water partition coefficient (Wildman–Crippen LogP) is 6.12. The summed E-state index contributed by atoms with van der Waals surface area (Å²) in [6.45, 7) is 0. The molecule has 3 aromatic carbocycles. The maximum absolute atomic E-state index is 12.3. The molecule has 0 atom stereocenters. The quantitative estimate of drug-likeness (QED) is 0.409. The van der Waals surface area contributed by atoms with E-state index in [9.17, 15) is 9.59 Å². The van der Waals surface area contributed by atoms with Crippen molar-refractivity contribution in [1.29, 1.82) is 0 Å². The van der Waals surface area contributed by atoms with Gasteiger partial charge in [-0.05, 0) is 66.7 Å². The molecular formula is C20H12Cl3NO3. The van der Waals surface area contributed by atoms with Crippen molar-refractivity contribution in [2.75, 3.05) is 5.32 Å². The molecule has 0 saturated carbocycles. The third kappa shape index (κ3) is 5.01. The van der Waals surface area contributed by atoms with Gasteiger partial charge in [0.1, 0.15) is 5.75 Å². The third-order valence-electron chi connectivity index (χ3n) is 3.58. The first-order chi connectivity index (χ1) is 12.9. The lowest BCUT2D eigenvalue weighted by Gasteiger charge is -2.09. The van der Waals surface area contributed by atoms with Crippen molar-refractivity contribution in [3.8, 4) is 5.75 Å². The van der Waals surface area contributed by atoms with Gasteiger partial charge in [-0.3, -0.25) is 4.79 Å². The zero-order valence-electron chi connectivity index (χ0n) is 13.7. The number of anilines is 1. The van der Waals surface area contributed by atoms with E-state index in [0.717, 1.165) is 0 Å². The lowest BCUT2D eigenvalue weighted by atomic mass is 10.2. The topological polar surface area (TPSA) is 55.4 Å². The first-order valence-corrected chi connectivity index (χ1v) is 8.90. The summed E-state index contributed by atoms with van der Waals surface area (Å²) in [6.07, 6.45) is 0. The molecule has 0 aliphatic rings. The maximum Gasteiger partial charge on any atom is 0.343 e. The highest BCUT2D eigenvalue weighted by Gasteiger charge is 2.11. The smallest absolute Gasteiger partial charge is 0.343 e. The van der Waals surface area contributed by atoms with Crippen LogP contribution in [-0.2, 0) is 0 Å². The summed E-state index contributed by atoms with van der Waals surface area (Å²) in [6, 6.07) is 17.3. The minimum Gasteiger partial charge on any atom is -0.423 e. The number of hydrogen-bond donors (Lipinski definition) is 1. The molecule has 0 heterocycles. The van der Waals surface area contributed by atoms with Crippen molar-refractivity contribution in [2.45, 2.75) is 0 Å². The molecule has 3 rings (SSSR count). The molecule has 1 N–H and O–H groups in total. The van der Waals surface area contributed by atoms with Crippen LogP contribution in [0, 0.1) is 0 Å². The van der Waals surface area contributed by atoms with Crippen molar-refractivity contribution < 1.29 is 14.3 Å². The molecule has 0 saturated heterocycles. The van der Waals surface area contributed by atoms with Gasteiger partial charge in [0.25, 0.3) is 5.91 Å². The molecule has 0 aromatic heterocycles. The third-order valence-corrected chi connectivity index (χ3v) is 4.40. The van der Waals surface area contributed by atoms with Crippen LogP contribution in [-0.4, -0.2) is 11.9 Å². The Morgan fingerprint density at radius 3 is 2.00 bits per heavy atom. The van der Waals surface area contributed by atoms with E-state index in [0.29, 0.717) is 37.6 Å². The average molecular weight is 421 g/mol. The molecule has 136 valence electrons. The van der Waals surface area contributed by atoms with Gasteiger partial charge in [0, 0.05) is 15.6 Å². The van der Waals surface area contributed by atoms with Gasteiger partial charge in [0.15, 0.2) is 0 Å². The van der Waals surface area contributed by atoms with Crippen LogP contribution in [0.25, 0.3) is 0 Å². The molecule has 0 aliphatic heterocycles. The summed E-state index contributed by atoms with van der Waals surface area (Å²) in [5, 5.41) is 4.05. The van der Waals surface area contributed by atoms with Gasteiger partial charge in [0.2, 0.25) is 0 Å². The fourth-order valence-electron chi connectivity index (χ4n) is 2.21. The lowest BCUT2D eigenvalue weighted by molar-refractivity contribution is 0.0734. The minimum absolute atomic E-state index is 0.312. The summed E-state index contributed by atoms with van der Waals surface area (Å²) >= 11 is 17.7. The van der Waals surface area contributed by atoms with Crippen molar-refractivity contribution >= 4 is 52.4 Å². The Kier molecular flexibility index (Phi) is 6.01. The van der Waals surface area contributed by atoms with E-state index in [4.69, 9.17) is 39.5 Å². The number of halogens is 3. The molecule has 7 heteroatoms. The minimum atomic E-state index is -0.519. The highest BCUT2D eigenvalue weighted by molar-refractivity contribution is 6.35. The highest BCUT2D eigenvalue weighted by Crippen LogP contribution is 2.26. The molecule has 0 spiro atoms. The van der Waals surface area contributed by atoms with E-state index in [1.54, 1.807) is 42.5 Å². The van der Waals surface area contributed by atoms with Crippen molar-refractivity contribution in [3.05, 3.63) is 92.9 Å². The van der Waals surface area contributed by atoms with Crippen LogP contribution in [0.5, 0.6) is 5.75 Å². The van der Waals surface area contributed by atoms with Crippen molar-refractivity contribution in [1.82, 2.24) is 0 Å². The van der Waals surface area contributed by atoms with Crippen LogP contribution < -0.4 is 10.1 Å². The van der Waals surface area contributed by atoms with E-state index in [1.807, 2.05) is 0 Å². The first-order valence-electron chi connectivity index (χ1n) is 7.76. The molecular weight excluding hydrogens is 409 g/mol. The highest BCUT2D eigenvalue weighted by atomic mass is 35.5. The molecule has 0 fully saturated rings. The normalized spacial score (nSPS) is 10.3. The average Bonchev–Trinajstić information content (AvgIpc) is 2.65. The Morgan fingerprint density at radius 1 is 0.741 bits per heavy atom. The van der Waals surface area contributed by atoms with Crippen LogP contribution in [0.1, 0.15) is 20.7 Å². The van der Waals surface area contributed by atoms with E-state index < -0.39 is 5.97 Å². The Labute approximate surface area is 170 Å². The van der Waals surface area contributed by atoms with Crippen molar-refractivity contribution in [2.24, 2.45) is 0 Å². The first kappa shape index (κ1) is 19.2. The van der Waals surface area contributed by atoms with E-state index >= 15 is 0 Å². The molecule has 0 radical (unpaired) electrons. The number of esters is 1. The van der Waals surface area contributed by atoms with Gasteiger partial charge >= 0.3 is 5.97 Å². The van der Waals surface area contributed by atoms with E-state index in [1.165, 1.54) is 24.3 Å². The number of rotatable bonds is 4. The summed E-state index contributed by atoms with van der Waals surface area (Å²) in [4.78, 5) is 24.4. The number of nitrogens with one attached hydrogen (secondary N) is 1. The van der Waals surface area contributed by atoms with Crippen LogP contribution in [0.2, 0.25) is 15.1 Å².